The van der Waals surface area contributed by atoms with Crippen molar-refractivity contribution in [2.75, 3.05) is 6.54 Å². The molecule has 0 spiro atoms. The van der Waals surface area contributed by atoms with Crippen LogP contribution in [0.2, 0.25) is 0 Å². The van der Waals surface area contributed by atoms with E-state index in [9.17, 15) is 4.39 Å². The maximum absolute atomic E-state index is 13.9. The van der Waals surface area contributed by atoms with Crippen LogP contribution in [-0.2, 0) is 19.5 Å². The molecule has 0 aromatic carbocycles. The normalized spacial score (nSPS) is 18.3. The molecule has 4 nitrogen and oxygen atoms in total. The highest BCUT2D eigenvalue weighted by Crippen LogP contribution is 2.38. The predicted molar refractivity (Wildman–Crippen MR) is 80.8 cm³/mol. The number of halogens is 1. The van der Waals surface area contributed by atoms with E-state index in [0.717, 1.165) is 30.9 Å². The van der Waals surface area contributed by atoms with Gasteiger partial charge in [0.15, 0.2) is 0 Å². The summed E-state index contributed by atoms with van der Waals surface area (Å²) in [5.74, 6) is 1.25. The van der Waals surface area contributed by atoms with Crippen LogP contribution < -0.4 is 0 Å². The van der Waals surface area contributed by atoms with Crippen molar-refractivity contribution < 1.29 is 4.39 Å². The molecule has 2 aromatic rings. The summed E-state index contributed by atoms with van der Waals surface area (Å²) in [4.78, 5) is 15.2. The number of aryl methyl sites for hydroxylation is 1. The summed E-state index contributed by atoms with van der Waals surface area (Å²) in [5.41, 5.74) is 4.01. The second kappa shape index (κ2) is 5.39. The molecule has 1 fully saturated rings. The maximum atomic E-state index is 13.9. The average molecular weight is 298 g/mol. The minimum Gasteiger partial charge on any atom is -0.294 e. The number of rotatable bonds is 3. The van der Waals surface area contributed by atoms with Gasteiger partial charge in [-0.25, -0.2) is 15.0 Å². The fourth-order valence-electron chi connectivity index (χ4n) is 3.03. The van der Waals surface area contributed by atoms with Crippen molar-refractivity contribution in [1.82, 2.24) is 19.9 Å². The quantitative estimate of drug-likeness (QED) is 0.817. The van der Waals surface area contributed by atoms with E-state index in [0.29, 0.717) is 18.0 Å². The zero-order chi connectivity index (χ0) is 15.1. The number of hydrogen-bond acceptors (Lipinski definition) is 4. The highest BCUT2D eigenvalue weighted by molar-refractivity contribution is 5.25. The average Bonchev–Trinajstić information content (AvgIpc) is 3.35. The largest absolute Gasteiger partial charge is 0.294 e. The lowest BCUT2D eigenvalue weighted by Crippen LogP contribution is -2.31. The fourth-order valence-corrected chi connectivity index (χ4v) is 3.03. The second-order valence-corrected chi connectivity index (χ2v) is 6.33. The third-order valence-electron chi connectivity index (χ3n) is 4.59. The minimum absolute atomic E-state index is 0.355. The lowest BCUT2D eigenvalue weighted by atomic mass is 10.1. The predicted octanol–water partition coefficient (Wildman–Crippen LogP) is 2.75. The topological polar surface area (TPSA) is 41.9 Å². The number of fused-ring (bicyclic) bond motifs is 1. The van der Waals surface area contributed by atoms with Gasteiger partial charge in [0, 0.05) is 61.2 Å². The molecule has 0 N–H and O–H groups in total. The smallest absolute Gasteiger partial charge is 0.217 e. The molecule has 114 valence electrons. The molecule has 0 atom stereocenters. The lowest BCUT2D eigenvalue weighted by Gasteiger charge is -2.28. The van der Waals surface area contributed by atoms with Gasteiger partial charge in [-0.15, -0.1) is 0 Å². The minimum atomic E-state index is -0.355. The molecule has 2 aliphatic rings. The van der Waals surface area contributed by atoms with Gasteiger partial charge in [0.25, 0.3) is 0 Å². The van der Waals surface area contributed by atoms with Crippen molar-refractivity contribution in [1.29, 1.82) is 0 Å². The van der Waals surface area contributed by atoms with Crippen LogP contribution in [0.15, 0.2) is 18.5 Å². The molecule has 22 heavy (non-hydrogen) atoms. The van der Waals surface area contributed by atoms with Crippen LogP contribution in [0.5, 0.6) is 0 Å². The molecule has 0 saturated heterocycles. The Bertz CT molecular complexity index is 692. The van der Waals surface area contributed by atoms with E-state index in [1.807, 2.05) is 19.2 Å². The Morgan fingerprint density at radius 2 is 2.18 bits per heavy atom. The van der Waals surface area contributed by atoms with Gasteiger partial charge in [0.05, 0.1) is 0 Å². The Morgan fingerprint density at radius 1 is 1.32 bits per heavy atom. The number of nitrogens with zero attached hydrogens (tertiary/aromatic N) is 4. The Kier molecular flexibility index (Phi) is 3.37. The van der Waals surface area contributed by atoms with Gasteiger partial charge in [0.1, 0.15) is 5.82 Å². The van der Waals surface area contributed by atoms with Crippen LogP contribution in [0.25, 0.3) is 0 Å². The zero-order valence-electron chi connectivity index (χ0n) is 12.7. The van der Waals surface area contributed by atoms with E-state index < -0.39 is 0 Å². The molecule has 0 radical (unpaired) electrons. The van der Waals surface area contributed by atoms with E-state index in [1.54, 1.807) is 0 Å². The number of aromatic nitrogens is 3. The van der Waals surface area contributed by atoms with Gasteiger partial charge in [-0.3, -0.25) is 4.90 Å². The van der Waals surface area contributed by atoms with Crippen molar-refractivity contribution in [2.45, 2.75) is 45.2 Å². The first-order chi connectivity index (χ1) is 10.7. The van der Waals surface area contributed by atoms with Gasteiger partial charge in [-0.05, 0) is 31.4 Å². The fraction of sp³-hybridized carbons (Fsp3) is 0.471. The first-order valence-corrected chi connectivity index (χ1v) is 7.88. The molecule has 0 amide bonds. The summed E-state index contributed by atoms with van der Waals surface area (Å²) in [5, 5.41) is 0. The van der Waals surface area contributed by atoms with Crippen LogP contribution in [0.1, 0.15) is 47.0 Å². The third-order valence-corrected chi connectivity index (χ3v) is 4.59. The molecule has 3 heterocycles. The summed E-state index contributed by atoms with van der Waals surface area (Å²) in [6, 6.07) is 1.86. The van der Waals surface area contributed by atoms with Gasteiger partial charge in [-0.2, -0.15) is 4.39 Å². The summed E-state index contributed by atoms with van der Waals surface area (Å²) in [7, 11) is 0. The molecule has 4 rings (SSSR count). The Hall–Kier alpha value is -1.88. The van der Waals surface area contributed by atoms with Crippen LogP contribution in [0.4, 0.5) is 4.39 Å². The summed E-state index contributed by atoms with van der Waals surface area (Å²) < 4.78 is 13.9. The standard InChI is InChI=1S/C17H19FN4/c1-11-4-6-19-16(18)14(11)10-22-7-5-15-13(9-22)8-20-17(21-15)12-2-3-12/h4,6,8,12H,2-3,5,7,9-10H2,1H3. The van der Waals surface area contributed by atoms with Gasteiger partial charge in [0.2, 0.25) is 5.95 Å². The van der Waals surface area contributed by atoms with E-state index in [1.165, 1.54) is 30.3 Å². The number of hydrogen-bond donors (Lipinski definition) is 0. The molecule has 1 saturated carbocycles. The molecular formula is C17H19FN4. The zero-order valence-corrected chi connectivity index (χ0v) is 12.7. The SMILES string of the molecule is Cc1ccnc(F)c1CN1CCc2nc(C3CC3)ncc2C1. The van der Waals surface area contributed by atoms with Gasteiger partial charge in [-0.1, -0.05) is 0 Å². The first-order valence-electron chi connectivity index (χ1n) is 7.88. The third kappa shape index (κ3) is 2.61. The van der Waals surface area contributed by atoms with Crippen molar-refractivity contribution in [3.8, 4) is 0 Å². The molecule has 1 aliphatic heterocycles. The molecule has 0 unspecified atom stereocenters. The van der Waals surface area contributed by atoms with Crippen molar-refractivity contribution in [2.24, 2.45) is 0 Å². The molecule has 1 aliphatic carbocycles. The van der Waals surface area contributed by atoms with Crippen LogP contribution >= 0.6 is 0 Å². The molecular weight excluding hydrogens is 279 g/mol. The van der Waals surface area contributed by atoms with Crippen molar-refractivity contribution >= 4 is 0 Å². The summed E-state index contributed by atoms with van der Waals surface area (Å²) in [6.45, 7) is 4.22. The monoisotopic (exact) mass is 298 g/mol. The van der Waals surface area contributed by atoms with E-state index >= 15 is 0 Å². The van der Waals surface area contributed by atoms with Gasteiger partial charge >= 0.3 is 0 Å². The van der Waals surface area contributed by atoms with E-state index in [2.05, 4.69) is 14.9 Å². The van der Waals surface area contributed by atoms with Gasteiger partial charge < -0.3 is 0 Å². The highest BCUT2D eigenvalue weighted by Gasteiger charge is 2.28. The lowest BCUT2D eigenvalue weighted by molar-refractivity contribution is 0.238. The van der Waals surface area contributed by atoms with E-state index in [4.69, 9.17) is 4.98 Å². The van der Waals surface area contributed by atoms with Crippen LogP contribution in [0, 0.1) is 12.9 Å². The Labute approximate surface area is 129 Å². The van der Waals surface area contributed by atoms with Crippen molar-refractivity contribution in [3.63, 3.8) is 0 Å². The maximum Gasteiger partial charge on any atom is 0.217 e. The Balaban J connectivity index is 1.52. The molecule has 5 heteroatoms. The van der Waals surface area contributed by atoms with Crippen LogP contribution in [0.3, 0.4) is 0 Å². The molecule has 2 aromatic heterocycles. The summed E-state index contributed by atoms with van der Waals surface area (Å²) >= 11 is 0. The van der Waals surface area contributed by atoms with Crippen LogP contribution in [-0.4, -0.2) is 26.4 Å². The first kappa shape index (κ1) is 13.8. The highest BCUT2D eigenvalue weighted by atomic mass is 19.1. The Morgan fingerprint density at radius 3 is 2.95 bits per heavy atom. The second-order valence-electron chi connectivity index (χ2n) is 6.33. The summed E-state index contributed by atoms with van der Waals surface area (Å²) in [6.07, 6.45) is 6.86. The van der Waals surface area contributed by atoms with E-state index in [-0.39, 0.29) is 5.95 Å². The number of pyridine rings is 1. The molecule has 0 bridgehead atoms. The van der Waals surface area contributed by atoms with Crippen molar-refractivity contribution in [3.05, 3.63) is 52.6 Å².